The number of carbonyl (C=O) groups excluding carboxylic acids is 1. The summed E-state index contributed by atoms with van der Waals surface area (Å²) in [6.07, 6.45) is 7.50. The smallest absolute Gasteiger partial charge is 0.274 e. The van der Waals surface area contributed by atoms with Crippen LogP contribution >= 0.6 is 0 Å². The number of amides is 1. The molecule has 1 aliphatic heterocycles. The lowest BCUT2D eigenvalue weighted by molar-refractivity contribution is 0.0601. The van der Waals surface area contributed by atoms with E-state index in [0.717, 1.165) is 37.1 Å². The third kappa shape index (κ3) is 4.12. The summed E-state index contributed by atoms with van der Waals surface area (Å²) < 4.78 is 5.35. The number of aromatic nitrogens is 2. The van der Waals surface area contributed by atoms with Crippen LogP contribution in [-0.4, -0.2) is 40.5 Å². The van der Waals surface area contributed by atoms with E-state index in [4.69, 9.17) is 4.74 Å². The van der Waals surface area contributed by atoms with Crippen molar-refractivity contribution in [3.05, 3.63) is 47.9 Å². The Morgan fingerprint density at radius 3 is 2.85 bits per heavy atom. The molecule has 1 atom stereocenters. The van der Waals surface area contributed by atoms with Gasteiger partial charge in [-0.1, -0.05) is 25.1 Å². The number of benzene rings is 1. The van der Waals surface area contributed by atoms with Gasteiger partial charge in [-0.05, 0) is 31.7 Å². The normalized spacial score (nSPS) is 17.0. The molecule has 1 unspecified atom stereocenters. The van der Waals surface area contributed by atoms with Crippen LogP contribution in [0.5, 0.6) is 5.75 Å². The minimum absolute atomic E-state index is 0.0136. The molecule has 1 aromatic carbocycles. The summed E-state index contributed by atoms with van der Waals surface area (Å²) in [6.45, 7) is 3.52. The van der Waals surface area contributed by atoms with E-state index >= 15 is 0 Å². The standard InChI is InChI=1S/C20H26N4O2/c1-3-16-9-6-7-11-24(16)20(25)17-13-23-19(14-21-17)22-12-15-8-4-5-10-18(15)26-2/h4-5,8,10,13-14,16H,3,6-7,9,11-12H2,1-2H3,(H,22,23). The zero-order chi connectivity index (χ0) is 18.4. The van der Waals surface area contributed by atoms with Gasteiger partial charge < -0.3 is 15.0 Å². The Labute approximate surface area is 154 Å². The fraction of sp³-hybridized carbons (Fsp3) is 0.450. The van der Waals surface area contributed by atoms with Gasteiger partial charge in [-0.25, -0.2) is 9.97 Å². The molecule has 0 radical (unpaired) electrons. The lowest BCUT2D eigenvalue weighted by Crippen LogP contribution is -2.43. The fourth-order valence-corrected chi connectivity index (χ4v) is 3.40. The molecule has 1 saturated heterocycles. The first kappa shape index (κ1) is 18.2. The highest BCUT2D eigenvalue weighted by atomic mass is 16.5. The van der Waals surface area contributed by atoms with Gasteiger partial charge in [0.2, 0.25) is 0 Å². The number of ether oxygens (including phenoxy) is 1. The molecule has 1 N–H and O–H groups in total. The van der Waals surface area contributed by atoms with Crippen molar-refractivity contribution in [3.8, 4) is 5.75 Å². The summed E-state index contributed by atoms with van der Waals surface area (Å²) in [5, 5.41) is 3.22. The fourth-order valence-electron chi connectivity index (χ4n) is 3.40. The van der Waals surface area contributed by atoms with Crippen LogP contribution in [0.25, 0.3) is 0 Å². The highest BCUT2D eigenvalue weighted by Gasteiger charge is 2.27. The molecule has 6 nitrogen and oxygen atoms in total. The van der Waals surface area contributed by atoms with E-state index in [1.807, 2.05) is 29.2 Å². The third-order valence-corrected chi connectivity index (χ3v) is 4.88. The van der Waals surface area contributed by atoms with Crippen LogP contribution in [0.1, 0.15) is 48.7 Å². The first-order chi connectivity index (χ1) is 12.7. The summed E-state index contributed by atoms with van der Waals surface area (Å²) >= 11 is 0. The van der Waals surface area contributed by atoms with Crippen LogP contribution < -0.4 is 10.1 Å². The summed E-state index contributed by atoms with van der Waals surface area (Å²) in [4.78, 5) is 23.4. The van der Waals surface area contributed by atoms with Gasteiger partial charge in [0.25, 0.3) is 5.91 Å². The van der Waals surface area contributed by atoms with Crippen molar-refractivity contribution in [2.24, 2.45) is 0 Å². The Kier molecular flexibility index (Phi) is 6.04. The van der Waals surface area contributed by atoms with Crippen LogP contribution in [0.2, 0.25) is 0 Å². The highest BCUT2D eigenvalue weighted by Crippen LogP contribution is 2.21. The van der Waals surface area contributed by atoms with E-state index in [1.165, 1.54) is 6.42 Å². The summed E-state index contributed by atoms with van der Waals surface area (Å²) in [5.74, 6) is 1.45. The monoisotopic (exact) mass is 354 g/mol. The zero-order valence-electron chi connectivity index (χ0n) is 15.4. The van der Waals surface area contributed by atoms with Crippen molar-refractivity contribution < 1.29 is 9.53 Å². The van der Waals surface area contributed by atoms with Gasteiger partial charge in [-0.3, -0.25) is 4.79 Å². The average molecular weight is 354 g/mol. The molecule has 3 rings (SSSR count). The van der Waals surface area contributed by atoms with Crippen LogP contribution in [0.3, 0.4) is 0 Å². The summed E-state index contributed by atoms with van der Waals surface area (Å²) in [6, 6.07) is 8.15. The van der Waals surface area contributed by atoms with Gasteiger partial charge in [0, 0.05) is 24.7 Å². The molecule has 1 aliphatic rings. The van der Waals surface area contributed by atoms with Crippen LogP contribution in [0.4, 0.5) is 5.82 Å². The molecule has 1 amide bonds. The van der Waals surface area contributed by atoms with Gasteiger partial charge in [0.1, 0.15) is 17.3 Å². The van der Waals surface area contributed by atoms with Gasteiger partial charge >= 0.3 is 0 Å². The van der Waals surface area contributed by atoms with Crippen molar-refractivity contribution >= 4 is 11.7 Å². The molecule has 1 fully saturated rings. The molecule has 2 heterocycles. The molecule has 6 heteroatoms. The maximum absolute atomic E-state index is 12.7. The SMILES string of the molecule is CCC1CCCCN1C(=O)c1cnc(NCc2ccccc2OC)cn1. The van der Waals surface area contributed by atoms with E-state index in [9.17, 15) is 4.79 Å². The lowest BCUT2D eigenvalue weighted by Gasteiger charge is -2.34. The van der Waals surface area contributed by atoms with Crippen molar-refractivity contribution in [2.75, 3.05) is 19.0 Å². The minimum atomic E-state index is -0.0136. The number of anilines is 1. The van der Waals surface area contributed by atoms with Gasteiger partial charge in [-0.15, -0.1) is 0 Å². The number of carbonyl (C=O) groups is 1. The highest BCUT2D eigenvalue weighted by molar-refractivity contribution is 5.92. The van der Waals surface area contributed by atoms with E-state index in [0.29, 0.717) is 24.1 Å². The number of methoxy groups -OCH3 is 1. The molecular formula is C20H26N4O2. The number of nitrogens with one attached hydrogen (secondary N) is 1. The second kappa shape index (κ2) is 8.65. The molecule has 1 aromatic heterocycles. The maximum atomic E-state index is 12.7. The molecule has 2 aromatic rings. The predicted octanol–water partition coefficient (Wildman–Crippen LogP) is 3.50. The number of rotatable bonds is 6. The number of piperidine rings is 1. The second-order valence-electron chi connectivity index (χ2n) is 6.51. The molecular weight excluding hydrogens is 328 g/mol. The van der Waals surface area contributed by atoms with E-state index in [-0.39, 0.29) is 5.91 Å². The quantitative estimate of drug-likeness (QED) is 0.860. The van der Waals surface area contributed by atoms with Crippen LogP contribution in [0, 0.1) is 0 Å². The van der Waals surface area contributed by atoms with Crippen LogP contribution in [-0.2, 0) is 6.54 Å². The Bertz CT molecular complexity index is 733. The minimum Gasteiger partial charge on any atom is -0.496 e. The van der Waals surface area contributed by atoms with Crippen molar-refractivity contribution in [2.45, 2.75) is 45.2 Å². The van der Waals surface area contributed by atoms with E-state index in [2.05, 4.69) is 22.2 Å². The number of hydrogen-bond acceptors (Lipinski definition) is 5. The summed E-state index contributed by atoms with van der Waals surface area (Å²) in [5.41, 5.74) is 1.45. The van der Waals surface area contributed by atoms with E-state index in [1.54, 1.807) is 19.5 Å². The number of likely N-dealkylation sites (tertiary alicyclic amines) is 1. The van der Waals surface area contributed by atoms with Gasteiger partial charge in [-0.2, -0.15) is 0 Å². The van der Waals surface area contributed by atoms with Crippen LogP contribution in [0.15, 0.2) is 36.7 Å². The molecule has 138 valence electrons. The molecule has 0 bridgehead atoms. The molecule has 0 saturated carbocycles. The van der Waals surface area contributed by atoms with Gasteiger partial charge in [0.05, 0.1) is 19.5 Å². The summed E-state index contributed by atoms with van der Waals surface area (Å²) in [7, 11) is 1.66. The van der Waals surface area contributed by atoms with Crippen molar-refractivity contribution in [1.29, 1.82) is 0 Å². The van der Waals surface area contributed by atoms with Gasteiger partial charge in [0.15, 0.2) is 0 Å². The lowest BCUT2D eigenvalue weighted by atomic mass is 10.00. The molecule has 0 aliphatic carbocycles. The third-order valence-electron chi connectivity index (χ3n) is 4.88. The maximum Gasteiger partial charge on any atom is 0.274 e. The zero-order valence-corrected chi connectivity index (χ0v) is 15.4. The van der Waals surface area contributed by atoms with Crippen molar-refractivity contribution in [1.82, 2.24) is 14.9 Å². The topological polar surface area (TPSA) is 67.4 Å². The predicted molar refractivity (Wildman–Crippen MR) is 101 cm³/mol. The Balaban J connectivity index is 1.63. The Hall–Kier alpha value is -2.63. The van der Waals surface area contributed by atoms with E-state index < -0.39 is 0 Å². The number of para-hydroxylation sites is 1. The molecule has 0 spiro atoms. The first-order valence-corrected chi connectivity index (χ1v) is 9.21. The Morgan fingerprint density at radius 1 is 1.27 bits per heavy atom. The van der Waals surface area contributed by atoms with Crippen molar-refractivity contribution in [3.63, 3.8) is 0 Å². The second-order valence-corrected chi connectivity index (χ2v) is 6.51. The number of nitrogens with zero attached hydrogens (tertiary/aromatic N) is 3. The number of hydrogen-bond donors (Lipinski definition) is 1. The average Bonchev–Trinajstić information content (AvgIpc) is 2.72. The largest absolute Gasteiger partial charge is 0.496 e. The first-order valence-electron chi connectivity index (χ1n) is 9.21. The molecule has 26 heavy (non-hydrogen) atoms. The Morgan fingerprint density at radius 2 is 2.12 bits per heavy atom.